The fourth-order valence-corrected chi connectivity index (χ4v) is 4.89. The van der Waals surface area contributed by atoms with E-state index in [9.17, 15) is 39.0 Å². The second-order valence-corrected chi connectivity index (χ2v) is 13.4. The topological polar surface area (TPSA) is 269 Å². The maximum absolute atomic E-state index is 13.6. The van der Waals surface area contributed by atoms with Gasteiger partial charge < -0.3 is 43.4 Å². The number of aliphatic hydroxyl groups is 2. The molecule has 0 aliphatic rings. The molecule has 0 aromatic heterocycles. The van der Waals surface area contributed by atoms with Crippen molar-refractivity contribution in [3.05, 3.63) is 0 Å². The molecule has 0 saturated heterocycles. The Morgan fingerprint density at radius 3 is 1.79 bits per heavy atom. The van der Waals surface area contributed by atoms with Crippen LogP contribution >= 0.6 is 0 Å². The Hall–Kier alpha value is -3.27. The van der Waals surface area contributed by atoms with E-state index in [1.165, 1.54) is 6.92 Å². The quantitative estimate of drug-likeness (QED) is 0.0465. The number of Topliss-reactive ketones (excluding diaryl/α,β-unsaturated/α-hetero) is 1. The Morgan fingerprint density at radius 1 is 0.729 bits per heavy atom. The summed E-state index contributed by atoms with van der Waals surface area (Å²) < 4.78 is 0. The number of ketones is 1. The predicted molar refractivity (Wildman–Crippen MR) is 183 cm³/mol. The van der Waals surface area contributed by atoms with Crippen LogP contribution in [0.1, 0.15) is 99.3 Å². The largest absolute Gasteiger partial charge is 0.396 e. The monoisotopic (exact) mass is 683 g/mol. The van der Waals surface area contributed by atoms with E-state index >= 15 is 0 Å². The summed E-state index contributed by atoms with van der Waals surface area (Å²) in [5, 5.41) is 27.4. The van der Waals surface area contributed by atoms with Crippen molar-refractivity contribution in [3.8, 4) is 0 Å². The Balaban J connectivity index is 6.15. The SMILES string of the molecule is CC(C)CC(=NC(=O)C(CC(C)C)NC(=O)C(C)CCCCN)C(=O)NC(CCCCN)C(=O)CC(CO)C(=O)NC(C(N)=O)C(C)O. The maximum atomic E-state index is 13.6. The van der Waals surface area contributed by atoms with E-state index in [0.717, 1.165) is 12.8 Å². The van der Waals surface area contributed by atoms with Gasteiger partial charge in [0, 0.05) is 12.3 Å². The normalized spacial score (nSPS) is 15.6. The second-order valence-electron chi connectivity index (χ2n) is 13.4. The zero-order valence-electron chi connectivity index (χ0n) is 29.6. The molecule has 276 valence electrons. The first-order valence-corrected chi connectivity index (χ1v) is 17.0. The summed E-state index contributed by atoms with van der Waals surface area (Å²) in [5.74, 6) is -5.87. The summed E-state index contributed by atoms with van der Waals surface area (Å²) in [6.07, 6.45) is 1.93. The average Bonchev–Trinajstić information content (AvgIpc) is 3.00. The molecule has 0 aliphatic heterocycles. The first-order valence-electron chi connectivity index (χ1n) is 17.0. The van der Waals surface area contributed by atoms with E-state index < -0.39 is 72.6 Å². The molecule has 0 saturated carbocycles. The van der Waals surface area contributed by atoms with Gasteiger partial charge in [0.05, 0.1) is 24.7 Å². The van der Waals surface area contributed by atoms with Crippen LogP contribution in [0.25, 0.3) is 0 Å². The van der Waals surface area contributed by atoms with Crippen molar-refractivity contribution in [2.24, 2.45) is 45.9 Å². The average molecular weight is 684 g/mol. The summed E-state index contributed by atoms with van der Waals surface area (Å²) in [6.45, 7) is 10.6. The van der Waals surface area contributed by atoms with Crippen LogP contribution in [-0.4, -0.2) is 95.2 Å². The molecular formula is C33H61N7O8. The molecule has 0 heterocycles. The first kappa shape index (κ1) is 44.7. The molecule has 6 atom stereocenters. The van der Waals surface area contributed by atoms with Gasteiger partial charge in [-0.25, -0.2) is 4.99 Å². The van der Waals surface area contributed by atoms with E-state index in [2.05, 4.69) is 20.9 Å². The number of aliphatic hydroxyl groups excluding tert-OH is 2. The van der Waals surface area contributed by atoms with Crippen molar-refractivity contribution in [1.82, 2.24) is 16.0 Å². The predicted octanol–water partition coefficient (Wildman–Crippen LogP) is -0.171. The maximum Gasteiger partial charge on any atom is 0.268 e. The van der Waals surface area contributed by atoms with Crippen molar-refractivity contribution in [3.63, 3.8) is 0 Å². The number of nitrogens with one attached hydrogen (secondary N) is 3. The Kier molecular flexibility index (Phi) is 22.3. The molecule has 0 rings (SSSR count). The summed E-state index contributed by atoms with van der Waals surface area (Å²) in [4.78, 5) is 82.0. The number of hydrogen-bond donors (Lipinski definition) is 8. The van der Waals surface area contributed by atoms with Gasteiger partial charge in [0.25, 0.3) is 11.8 Å². The summed E-state index contributed by atoms with van der Waals surface area (Å²) >= 11 is 0. The lowest BCUT2D eigenvalue weighted by atomic mass is 9.94. The van der Waals surface area contributed by atoms with Gasteiger partial charge in [-0.1, -0.05) is 41.0 Å². The number of carbonyl (C=O) groups excluding carboxylic acids is 6. The highest BCUT2D eigenvalue weighted by molar-refractivity contribution is 6.40. The van der Waals surface area contributed by atoms with Gasteiger partial charge >= 0.3 is 0 Å². The summed E-state index contributed by atoms with van der Waals surface area (Å²) in [7, 11) is 0. The van der Waals surface area contributed by atoms with Crippen molar-refractivity contribution < 1.29 is 39.0 Å². The number of aliphatic imine (C=N–C) groups is 1. The van der Waals surface area contributed by atoms with Crippen LogP contribution in [0.15, 0.2) is 4.99 Å². The van der Waals surface area contributed by atoms with Crippen LogP contribution in [0.2, 0.25) is 0 Å². The Bertz CT molecular complexity index is 1080. The zero-order chi connectivity index (χ0) is 37.0. The van der Waals surface area contributed by atoms with Crippen molar-refractivity contribution >= 4 is 41.0 Å². The van der Waals surface area contributed by atoms with E-state index in [1.54, 1.807) is 6.92 Å². The third-order valence-corrected chi connectivity index (χ3v) is 7.74. The van der Waals surface area contributed by atoms with Gasteiger partial charge in [0.1, 0.15) is 17.8 Å². The van der Waals surface area contributed by atoms with E-state index in [4.69, 9.17) is 17.2 Å². The highest BCUT2D eigenvalue weighted by atomic mass is 16.3. The third kappa shape index (κ3) is 17.8. The molecule has 5 amide bonds. The number of rotatable bonds is 25. The van der Waals surface area contributed by atoms with Gasteiger partial charge in [-0.3, -0.25) is 28.8 Å². The van der Waals surface area contributed by atoms with Crippen LogP contribution in [0, 0.1) is 23.7 Å². The smallest absolute Gasteiger partial charge is 0.268 e. The van der Waals surface area contributed by atoms with E-state index in [0.29, 0.717) is 38.8 Å². The fraction of sp³-hybridized carbons (Fsp3) is 0.788. The van der Waals surface area contributed by atoms with Gasteiger partial charge in [-0.2, -0.15) is 0 Å². The van der Waals surface area contributed by atoms with Crippen LogP contribution in [0.4, 0.5) is 0 Å². The van der Waals surface area contributed by atoms with Gasteiger partial charge in [0.15, 0.2) is 5.78 Å². The molecule has 0 bridgehead atoms. The number of nitrogens with zero attached hydrogens (tertiary/aromatic N) is 1. The molecule has 11 N–H and O–H groups in total. The van der Waals surface area contributed by atoms with Crippen molar-refractivity contribution in [1.29, 1.82) is 0 Å². The molecule has 48 heavy (non-hydrogen) atoms. The van der Waals surface area contributed by atoms with E-state index in [-0.39, 0.29) is 42.2 Å². The van der Waals surface area contributed by atoms with E-state index in [1.807, 2.05) is 27.7 Å². The van der Waals surface area contributed by atoms with Gasteiger partial charge in [-0.05, 0) is 76.8 Å². The number of amides is 5. The molecule has 0 spiro atoms. The Labute approximate surface area is 285 Å². The van der Waals surface area contributed by atoms with Crippen LogP contribution in [0.3, 0.4) is 0 Å². The molecule has 0 aromatic carbocycles. The lowest BCUT2D eigenvalue weighted by molar-refractivity contribution is -0.135. The summed E-state index contributed by atoms with van der Waals surface area (Å²) in [6, 6.07) is -3.50. The van der Waals surface area contributed by atoms with Gasteiger partial charge in [0.2, 0.25) is 17.7 Å². The van der Waals surface area contributed by atoms with Crippen molar-refractivity contribution in [2.45, 2.75) is 124 Å². The number of nitrogens with two attached hydrogens (primary N) is 3. The lowest BCUT2D eigenvalue weighted by Crippen LogP contribution is -2.53. The molecule has 0 fully saturated rings. The second kappa shape index (κ2) is 24.0. The Morgan fingerprint density at radius 2 is 1.31 bits per heavy atom. The molecule has 0 aromatic rings. The number of hydrogen-bond acceptors (Lipinski definition) is 10. The van der Waals surface area contributed by atoms with Crippen LogP contribution < -0.4 is 33.2 Å². The minimum absolute atomic E-state index is 0.0319. The molecule has 0 aliphatic carbocycles. The molecule has 0 radical (unpaired) electrons. The summed E-state index contributed by atoms with van der Waals surface area (Å²) in [5.41, 5.74) is 16.3. The standard InChI is InChI=1S/C33H61N7O8/c1-19(2)15-25(38-30(45)21(5)11-7-9-13-34)33(48)39-26(16-20(3)4)32(47)37-24(12-8-10-14-35)27(43)17-23(18-41)31(46)40-28(22(6)42)29(36)44/h19-25,28,41-42H,7-18,34-35H2,1-6H3,(H2,36,44)(H,37,47)(H,38,45)(H,40,46). The number of primary amides is 1. The highest BCUT2D eigenvalue weighted by Gasteiger charge is 2.32. The lowest BCUT2D eigenvalue weighted by Gasteiger charge is -2.24. The minimum Gasteiger partial charge on any atom is -0.396 e. The third-order valence-electron chi connectivity index (χ3n) is 7.74. The molecule has 6 unspecified atom stereocenters. The molecular weight excluding hydrogens is 622 g/mol. The number of carbonyl (C=O) groups is 6. The van der Waals surface area contributed by atoms with Crippen LogP contribution in [-0.2, 0) is 28.8 Å². The highest BCUT2D eigenvalue weighted by Crippen LogP contribution is 2.15. The minimum atomic E-state index is -1.43. The molecule has 15 nitrogen and oxygen atoms in total. The molecule has 15 heteroatoms. The zero-order valence-corrected chi connectivity index (χ0v) is 29.6. The van der Waals surface area contributed by atoms with Crippen molar-refractivity contribution in [2.75, 3.05) is 19.7 Å². The van der Waals surface area contributed by atoms with Crippen LogP contribution in [0.5, 0.6) is 0 Å². The fourth-order valence-electron chi connectivity index (χ4n) is 4.89. The number of unbranched alkanes of at least 4 members (excludes halogenated alkanes) is 2. The van der Waals surface area contributed by atoms with Gasteiger partial charge in [-0.15, -0.1) is 0 Å². The first-order chi connectivity index (χ1) is 22.5.